The number of hydrogen-bond acceptors (Lipinski definition) is 3. The molecule has 5 nitrogen and oxygen atoms in total. The Morgan fingerprint density at radius 3 is 2.63 bits per heavy atom. The van der Waals surface area contributed by atoms with Crippen LogP contribution in [-0.4, -0.2) is 54.0 Å². The second-order valence-electron chi connectivity index (χ2n) is 10.5. The number of likely N-dealkylation sites (N-methyl/N-ethyl adjacent to an activating group) is 1. The van der Waals surface area contributed by atoms with Crippen LogP contribution in [0.2, 0.25) is 0 Å². The molecule has 186 valence electrons. The Balaban J connectivity index is 1.27. The van der Waals surface area contributed by atoms with Crippen LogP contribution in [0.3, 0.4) is 0 Å². The number of benzene rings is 2. The van der Waals surface area contributed by atoms with Crippen LogP contribution in [0.25, 0.3) is 10.9 Å². The summed E-state index contributed by atoms with van der Waals surface area (Å²) in [4.78, 5) is 21.7. The van der Waals surface area contributed by atoms with Gasteiger partial charge in [0.2, 0.25) is 5.91 Å². The highest BCUT2D eigenvalue weighted by atomic mass is 16.5. The highest BCUT2D eigenvalue weighted by molar-refractivity contribution is 5.86. The van der Waals surface area contributed by atoms with E-state index in [0.29, 0.717) is 19.1 Å². The maximum Gasteiger partial charge on any atom is 0.228 e. The SMILES string of the molecule is CCc1cccc2c(CN3CCC4(CCCCc5ccccc5OCCN(C)C4=O)CC3)c[nH]c12. The molecule has 35 heavy (non-hydrogen) atoms. The predicted molar refractivity (Wildman–Crippen MR) is 142 cm³/mol. The van der Waals surface area contributed by atoms with E-state index in [4.69, 9.17) is 4.74 Å². The molecule has 3 heterocycles. The molecule has 2 aliphatic rings. The molecule has 1 aromatic heterocycles. The third kappa shape index (κ3) is 4.97. The van der Waals surface area contributed by atoms with Gasteiger partial charge in [-0.25, -0.2) is 0 Å². The standard InChI is InChI=1S/C30H39N3O2/c1-3-23-11-8-12-26-25(21-31-28(23)26)22-33-17-15-30(16-18-33)14-7-6-10-24-9-4-5-13-27(24)35-20-19-32(2)29(30)34/h4-5,8-9,11-13,21,31H,3,6-7,10,14-20,22H2,1-2H3. The smallest absolute Gasteiger partial charge is 0.228 e. The average molecular weight is 474 g/mol. The van der Waals surface area contributed by atoms with Gasteiger partial charge in [0.1, 0.15) is 12.4 Å². The van der Waals surface area contributed by atoms with Crippen molar-refractivity contribution in [1.29, 1.82) is 0 Å². The Morgan fingerprint density at radius 2 is 1.80 bits per heavy atom. The van der Waals surface area contributed by atoms with E-state index < -0.39 is 0 Å². The molecule has 3 aromatic rings. The lowest BCUT2D eigenvalue weighted by atomic mass is 9.73. The van der Waals surface area contributed by atoms with Gasteiger partial charge in [-0.2, -0.15) is 0 Å². The fourth-order valence-electron chi connectivity index (χ4n) is 6.08. The molecule has 2 aromatic carbocycles. The van der Waals surface area contributed by atoms with Gasteiger partial charge in [-0.3, -0.25) is 9.69 Å². The van der Waals surface area contributed by atoms with Crippen molar-refractivity contribution in [3.63, 3.8) is 0 Å². The normalized spacial score (nSPS) is 19.7. The van der Waals surface area contributed by atoms with Gasteiger partial charge in [0.05, 0.1) is 12.0 Å². The first-order valence-corrected chi connectivity index (χ1v) is 13.4. The highest BCUT2D eigenvalue weighted by Gasteiger charge is 2.42. The Kier molecular flexibility index (Phi) is 7.14. The molecule has 1 fully saturated rings. The number of fused-ring (bicyclic) bond motifs is 2. The molecule has 1 N–H and O–H groups in total. The number of aryl methyl sites for hydroxylation is 2. The summed E-state index contributed by atoms with van der Waals surface area (Å²) in [5.74, 6) is 1.29. The number of aromatic amines is 1. The van der Waals surface area contributed by atoms with E-state index in [1.54, 1.807) is 0 Å². The number of ether oxygens (including phenoxy) is 1. The fraction of sp³-hybridized carbons (Fsp3) is 0.500. The molecule has 1 amide bonds. The number of H-pyrrole nitrogens is 1. The van der Waals surface area contributed by atoms with Crippen molar-refractivity contribution in [3.8, 4) is 5.75 Å². The van der Waals surface area contributed by atoms with Crippen molar-refractivity contribution in [1.82, 2.24) is 14.8 Å². The molecule has 5 rings (SSSR count). The molecular formula is C30H39N3O2. The van der Waals surface area contributed by atoms with Gasteiger partial charge in [-0.05, 0) is 74.4 Å². The zero-order chi connectivity index (χ0) is 24.3. The van der Waals surface area contributed by atoms with E-state index in [1.165, 1.54) is 27.6 Å². The van der Waals surface area contributed by atoms with Crippen LogP contribution < -0.4 is 4.74 Å². The van der Waals surface area contributed by atoms with Crippen LogP contribution in [0.15, 0.2) is 48.7 Å². The minimum atomic E-state index is -0.237. The van der Waals surface area contributed by atoms with Gasteiger partial charge in [-0.1, -0.05) is 49.7 Å². The van der Waals surface area contributed by atoms with Crippen LogP contribution in [0, 0.1) is 5.41 Å². The van der Waals surface area contributed by atoms with E-state index >= 15 is 0 Å². The molecule has 0 radical (unpaired) electrons. The second kappa shape index (κ2) is 10.4. The number of amides is 1. The third-order valence-corrected chi connectivity index (χ3v) is 8.28. The van der Waals surface area contributed by atoms with Gasteiger partial charge in [-0.15, -0.1) is 0 Å². The summed E-state index contributed by atoms with van der Waals surface area (Å²) in [7, 11) is 1.95. The number of nitrogens with zero attached hydrogens (tertiary/aromatic N) is 2. The van der Waals surface area contributed by atoms with Gasteiger partial charge in [0.25, 0.3) is 0 Å². The molecule has 0 aliphatic carbocycles. The Hall–Kier alpha value is -2.79. The lowest BCUT2D eigenvalue weighted by Crippen LogP contribution is -2.50. The van der Waals surface area contributed by atoms with Crippen LogP contribution >= 0.6 is 0 Å². The fourth-order valence-corrected chi connectivity index (χ4v) is 6.08. The first kappa shape index (κ1) is 23.9. The number of piperidine rings is 1. The van der Waals surface area contributed by atoms with Crippen molar-refractivity contribution in [2.75, 3.05) is 33.3 Å². The van der Waals surface area contributed by atoms with E-state index in [9.17, 15) is 4.79 Å². The summed E-state index contributed by atoms with van der Waals surface area (Å²) >= 11 is 0. The molecule has 2 aliphatic heterocycles. The van der Waals surface area contributed by atoms with Crippen molar-refractivity contribution < 1.29 is 9.53 Å². The summed E-state index contributed by atoms with van der Waals surface area (Å²) in [5.41, 5.74) is 5.07. The highest BCUT2D eigenvalue weighted by Crippen LogP contribution is 2.39. The number of para-hydroxylation sites is 2. The van der Waals surface area contributed by atoms with Crippen LogP contribution in [-0.2, 0) is 24.2 Å². The predicted octanol–water partition coefficient (Wildman–Crippen LogP) is 5.58. The number of aromatic nitrogens is 1. The number of carbonyl (C=O) groups excluding carboxylic acids is 1. The Labute approximate surface area is 209 Å². The summed E-state index contributed by atoms with van der Waals surface area (Å²) in [6, 6.07) is 15.0. The van der Waals surface area contributed by atoms with Crippen molar-refractivity contribution in [2.24, 2.45) is 5.41 Å². The molecule has 0 atom stereocenters. The van der Waals surface area contributed by atoms with Crippen molar-refractivity contribution in [2.45, 2.75) is 58.4 Å². The maximum atomic E-state index is 13.7. The van der Waals surface area contributed by atoms with E-state index in [1.807, 2.05) is 18.0 Å². The van der Waals surface area contributed by atoms with E-state index in [-0.39, 0.29) is 5.41 Å². The number of likely N-dealkylation sites (tertiary alicyclic amines) is 1. The van der Waals surface area contributed by atoms with Crippen molar-refractivity contribution in [3.05, 3.63) is 65.4 Å². The lowest BCUT2D eigenvalue weighted by Gasteiger charge is -2.43. The minimum absolute atomic E-state index is 0.237. The molecule has 0 saturated carbocycles. The van der Waals surface area contributed by atoms with Crippen molar-refractivity contribution >= 4 is 16.8 Å². The molecule has 1 spiro atoms. The van der Waals surface area contributed by atoms with Gasteiger partial charge in [0, 0.05) is 30.7 Å². The largest absolute Gasteiger partial charge is 0.491 e. The maximum absolute atomic E-state index is 13.7. The first-order valence-electron chi connectivity index (χ1n) is 13.4. The monoisotopic (exact) mass is 473 g/mol. The topological polar surface area (TPSA) is 48.6 Å². The number of nitrogens with one attached hydrogen (secondary N) is 1. The zero-order valence-corrected chi connectivity index (χ0v) is 21.3. The van der Waals surface area contributed by atoms with Gasteiger partial charge < -0.3 is 14.6 Å². The number of carbonyl (C=O) groups is 1. The second-order valence-corrected chi connectivity index (χ2v) is 10.5. The number of hydrogen-bond donors (Lipinski definition) is 1. The lowest BCUT2D eigenvalue weighted by molar-refractivity contribution is -0.145. The zero-order valence-electron chi connectivity index (χ0n) is 21.3. The number of rotatable bonds is 3. The molecule has 0 bridgehead atoms. The molecular weight excluding hydrogens is 434 g/mol. The molecule has 0 unspecified atom stereocenters. The third-order valence-electron chi connectivity index (χ3n) is 8.28. The van der Waals surface area contributed by atoms with E-state index in [0.717, 1.165) is 70.3 Å². The Bertz CT molecular complexity index is 1160. The van der Waals surface area contributed by atoms with E-state index in [2.05, 4.69) is 59.4 Å². The van der Waals surface area contributed by atoms with Crippen LogP contribution in [0.5, 0.6) is 5.75 Å². The molecule has 1 saturated heterocycles. The summed E-state index contributed by atoms with van der Waals surface area (Å²) in [6.45, 7) is 6.27. The van der Waals surface area contributed by atoms with Gasteiger partial charge in [0.15, 0.2) is 0 Å². The average Bonchev–Trinajstić information content (AvgIpc) is 3.30. The Morgan fingerprint density at radius 1 is 0.971 bits per heavy atom. The van der Waals surface area contributed by atoms with Crippen LogP contribution in [0.4, 0.5) is 0 Å². The van der Waals surface area contributed by atoms with Crippen LogP contribution in [0.1, 0.15) is 55.7 Å². The minimum Gasteiger partial charge on any atom is -0.491 e. The summed E-state index contributed by atoms with van der Waals surface area (Å²) in [5, 5.41) is 1.34. The van der Waals surface area contributed by atoms with Gasteiger partial charge >= 0.3 is 0 Å². The summed E-state index contributed by atoms with van der Waals surface area (Å²) < 4.78 is 6.08. The quantitative estimate of drug-likeness (QED) is 0.541. The summed E-state index contributed by atoms with van der Waals surface area (Å²) in [6.07, 6.45) is 9.28. The molecule has 5 heteroatoms. The first-order chi connectivity index (χ1) is 17.1.